The maximum Gasteiger partial charge on any atom is 0.256 e. The van der Waals surface area contributed by atoms with Gasteiger partial charge in [-0.3, -0.25) is 0 Å². The number of hydrogen-bond acceptors (Lipinski definition) is 2. The summed E-state index contributed by atoms with van der Waals surface area (Å²) >= 11 is 8.88. The fourth-order valence-corrected chi connectivity index (χ4v) is 1.62. The van der Waals surface area contributed by atoms with E-state index >= 15 is 0 Å². The second kappa shape index (κ2) is 4.80. The zero-order chi connectivity index (χ0) is 11.5. The molecule has 0 spiro atoms. The van der Waals surface area contributed by atoms with Crippen LogP contribution in [0.4, 0.5) is 4.39 Å². The van der Waals surface area contributed by atoms with E-state index in [-0.39, 0.29) is 10.9 Å². The van der Waals surface area contributed by atoms with Gasteiger partial charge in [-0.1, -0.05) is 23.7 Å². The van der Waals surface area contributed by atoms with Crippen LogP contribution in [0, 0.1) is 5.82 Å². The smallest absolute Gasteiger partial charge is 0.256 e. The van der Waals surface area contributed by atoms with Crippen LogP contribution in [0.2, 0.25) is 5.02 Å². The van der Waals surface area contributed by atoms with Crippen LogP contribution < -0.4 is 4.74 Å². The highest BCUT2D eigenvalue weighted by Gasteiger charge is 2.08. The Hall–Kier alpha value is -1.13. The van der Waals surface area contributed by atoms with E-state index in [0.29, 0.717) is 5.75 Å². The van der Waals surface area contributed by atoms with Crippen LogP contribution in [0.25, 0.3) is 0 Å². The van der Waals surface area contributed by atoms with Gasteiger partial charge in [-0.05, 0) is 34.1 Å². The third kappa shape index (κ3) is 2.51. The molecule has 0 N–H and O–H groups in total. The molecule has 0 radical (unpaired) electrons. The van der Waals surface area contributed by atoms with E-state index in [1.165, 1.54) is 6.20 Å². The van der Waals surface area contributed by atoms with Gasteiger partial charge >= 0.3 is 0 Å². The maximum absolute atomic E-state index is 13.4. The number of aromatic nitrogens is 1. The van der Waals surface area contributed by atoms with Crippen molar-refractivity contribution in [2.24, 2.45) is 0 Å². The van der Waals surface area contributed by atoms with Crippen LogP contribution in [0.15, 0.2) is 41.0 Å². The first kappa shape index (κ1) is 11.4. The number of nitrogens with zero attached hydrogens (tertiary/aromatic N) is 1. The molecule has 2 nitrogen and oxygen atoms in total. The summed E-state index contributed by atoms with van der Waals surface area (Å²) in [5.74, 6) is -0.198. The summed E-state index contributed by atoms with van der Waals surface area (Å²) in [5, 5.41) is 0.233. The summed E-state index contributed by atoms with van der Waals surface area (Å²) in [5.41, 5.74) is 0. The first-order valence-corrected chi connectivity index (χ1v) is 5.57. The van der Waals surface area contributed by atoms with Gasteiger partial charge in [0.2, 0.25) is 0 Å². The van der Waals surface area contributed by atoms with Crippen molar-refractivity contribution in [3.8, 4) is 11.6 Å². The lowest BCUT2D eigenvalue weighted by atomic mass is 10.3. The SMILES string of the molecule is Fc1cc(Cl)cnc1Oc1ccccc1Br. The Bertz CT molecular complexity index is 521. The molecule has 0 aliphatic heterocycles. The zero-order valence-electron chi connectivity index (χ0n) is 7.95. The minimum absolute atomic E-state index is 0.101. The third-order valence-electron chi connectivity index (χ3n) is 1.82. The Morgan fingerprint density at radius 1 is 1.31 bits per heavy atom. The molecule has 2 aromatic rings. The van der Waals surface area contributed by atoms with Gasteiger partial charge in [0.05, 0.1) is 9.50 Å². The minimum atomic E-state index is -0.594. The molecule has 0 aliphatic carbocycles. The molecule has 0 fully saturated rings. The van der Waals surface area contributed by atoms with E-state index in [9.17, 15) is 4.39 Å². The van der Waals surface area contributed by atoms with E-state index in [1.54, 1.807) is 18.2 Å². The standard InChI is InChI=1S/C11H6BrClFNO/c12-8-3-1-2-4-10(8)16-11-9(14)5-7(13)6-15-11/h1-6H. The summed E-state index contributed by atoms with van der Waals surface area (Å²) in [6.07, 6.45) is 1.33. The van der Waals surface area contributed by atoms with Crippen LogP contribution in [0.3, 0.4) is 0 Å². The summed E-state index contributed by atoms with van der Waals surface area (Å²) in [7, 11) is 0. The minimum Gasteiger partial charge on any atom is -0.435 e. The van der Waals surface area contributed by atoms with E-state index < -0.39 is 5.82 Å². The van der Waals surface area contributed by atoms with Crippen LogP contribution in [0.1, 0.15) is 0 Å². The number of pyridine rings is 1. The second-order valence-electron chi connectivity index (χ2n) is 2.97. The lowest BCUT2D eigenvalue weighted by Crippen LogP contribution is -1.92. The predicted octanol–water partition coefficient (Wildman–Crippen LogP) is 4.43. The average Bonchev–Trinajstić information content (AvgIpc) is 2.25. The van der Waals surface area contributed by atoms with E-state index in [4.69, 9.17) is 16.3 Å². The monoisotopic (exact) mass is 301 g/mol. The highest BCUT2D eigenvalue weighted by Crippen LogP contribution is 2.29. The lowest BCUT2D eigenvalue weighted by molar-refractivity contribution is 0.420. The zero-order valence-corrected chi connectivity index (χ0v) is 10.3. The number of benzene rings is 1. The van der Waals surface area contributed by atoms with Crippen molar-refractivity contribution >= 4 is 27.5 Å². The molecule has 0 atom stereocenters. The summed E-state index contributed by atoms with van der Waals surface area (Å²) in [6.45, 7) is 0. The molecule has 82 valence electrons. The molecule has 1 aromatic heterocycles. The van der Waals surface area contributed by atoms with Crippen molar-refractivity contribution < 1.29 is 9.13 Å². The molecule has 1 heterocycles. The number of para-hydroxylation sites is 1. The van der Waals surface area contributed by atoms with Gasteiger partial charge in [-0.15, -0.1) is 0 Å². The third-order valence-corrected chi connectivity index (χ3v) is 2.68. The van der Waals surface area contributed by atoms with Crippen molar-refractivity contribution in [1.82, 2.24) is 4.98 Å². The molecule has 5 heteroatoms. The molecule has 0 saturated carbocycles. The Kier molecular flexibility index (Phi) is 3.41. The van der Waals surface area contributed by atoms with Crippen LogP contribution in [-0.4, -0.2) is 4.98 Å². The normalized spacial score (nSPS) is 10.2. The van der Waals surface area contributed by atoms with Gasteiger partial charge in [-0.2, -0.15) is 0 Å². The Labute approximate surface area is 105 Å². The van der Waals surface area contributed by atoms with Gasteiger partial charge in [0.25, 0.3) is 5.88 Å². The summed E-state index contributed by atoms with van der Waals surface area (Å²) < 4.78 is 19.4. The predicted molar refractivity (Wildman–Crippen MR) is 63.4 cm³/mol. The van der Waals surface area contributed by atoms with Gasteiger partial charge in [0.1, 0.15) is 5.75 Å². The topological polar surface area (TPSA) is 22.1 Å². The fourth-order valence-electron chi connectivity index (χ4n) is 1.11. The van der Waals surface area contributed by atoms with Crippen molar-refractivity contribution in [2.75, 3.05) is 0 Å². The molecule has 0 unspecified atom stereocenters. The number of rotatable bonds is 2. The van der Waals surface area contributed by atoms with Crippen LogP contribution in [-0.2, 0) is 0 Å². The van der Waals surface area contributed by atoms with Crippen molar-refractivity contribution in [2.45, 2.75) is 0 Å². The maximum atomic E-state index is 13.4. The highest BCUT2D eigenvalue weighted by molar-refractivity contribution is 9.10. The summed E-state index contributed by atoms with van der Waals surface area (Å²) in [6, 6.07) is 8.28. The van der Waals surface area contributed by atoms with Crippen molar-refractivity contribution in [3.05, 3.63) is 51.8 Å². The number of hydrogen-bond donors (Lipinski definition) is 0. The van der Waals surface area contributed by atoms with Crippen LogP contribution >= 0.6 is 27.5 Å². The van der Waals surface area contributed by atoms with Crippen molar-refractivity contribution in [1.29, 1.82) is 0 Å². The highest BCUT2D eigenvalue weighted by atomic mass is 79.9. The Morgan fingerprint density at radius 2 is 2.06 bits per heavy atom. The molecule has 1 aromatic carbocycles. The first-order valence-electron chi connectivity index (χ1n) is 4.40. The van der Waals surface area contributed by atoms with Gasteiger partial charge in [0, 0.05) is 6.20 Å². The van der Waals surface area contributed by atoms with Crippen molar-refractivity contribution in [3.63, 3.8) is 0 Å². The molecular formula is C11H6BrClFNO. The largest absolute Gasteiger partial charge is 0.435 e. The molecule has 2 rings (SSSR count). The van der Waals surface area contributed by atoms with Gasteiger partial charge in [0.15, 0.2) is 5.82 Å². The van der Waals surface area contributed by atoms with E-state index in [1.807, 2.05) is 6.07 Å². The molecule has 0 bridgehead atoms. The quantitative estimate of drug-likeness (QED) is 0.819. The Balaban J connectivity index is 2.31. The number of ether oxygens (including phenoxy) is 1. The summed E-state index contributed by atoms with van der Waals surface area (Å²) in [4.78, 5) is 3.76. The molecule has 0 amide bonds. The fraction of sp³-hybridized carbons (Fsp3) is 0. The van der Waals surface area contributed by atoms with Gasteiger partial charge < -0.3 is 4.74 Å². The molecule has 0 aliphatic rings. The Morgan fingerprint density at radius 3 is 2.75 bits per heavy atom. The average molecular weight is 303 g/mol. The molecular weight excluding hydrogens is 296 g/mol. The van der Waals surface area contributed by atoms with E-state index in [0.717, 1.165) is 10.5 Å². The molecule has 0 saturated heterocycles. The van der Waals surface area contributed by atoms with Gasteiger partial charge in [-0.25, -0.2) is 9.37 Å². The molecule has 16 heavy (non-hydrogen) atoms. The number of halogens is 3. The van der Waals surface area contributed by atoms with E-state index in [2.05, 4.69) is 20.9 Å². The first-order chi connectivity index (χ1) is 7.66. The second-order valence-corrected chi connectivity index (χ2v) is 4.26. The van der Waals surface area contributed by atoms with Crippen LogP contribution in [0.5, 0.6) is 11.6 Å². The lowest BCUT2D eigenvalue weighted by Gasteiger charge is -2.06.